The molecule has 0 unspecified atom stereocenters. The lowest BCUT2D eigenvalue weighted by molar-refractivity contribution is 0.107. The molecule has 2 aromatic carbocycles. The number of alkyl halides is 1. The van der Waals surface area contributed by atoms with E-state index in [2.05, 4.69) is 14.9 Å². The summed E-state index contributed by atoms with van der Waals surface area (Å²) in [5, 5.41) is 12.0. The Morgan fingerprint density at radius 1 is 1.12 bits per heavy atom. The first-order chi connectivity index (χ1) is 20.9. The van der Waals surface area contributed by atoms with Gasteiger partial charge in [0.1, 0.15) is 41.4 Å². The van der Waals surface area contributed by atoms with E-state index in [4.69, 9.17) is 14.5 Å². The zero-order chi connectivity index (χ0) is 29.7. The predicted octanol–water partition coefficient (Wildman–Crippen LogP) is 5.57. The van der Waals surface area contributed by atoms with Gasteiger partial charge in [-0.3, -0.25) is 9.88 Å². The summed E-state index contributed by atoms with van der Waals surface area (Å²) < 4.78 is 57.8. The van der Waals surface area contributed by atoms with Gasteiger partial charge >= 0.3 is 6.01 Å². The molecule has 0 saturated carbocycles. The van der Waals surface area contributed by atoms with E-state index in [-0.39, 0.29) is 35.1 Å². The number of hydrogen-bond donors (Lipinski definition) is 1. The minimum atomic E-state index is -0.907. The van der Waals surface area contributed by atoms with Gasteiger partial charge in [-0.05, 0) is 66.8 Å². The Morgan fingerprint density at radius 2 is 2.00 bits per heavy atom. The molecule has 7 rings (SSSR count). The molecule has 1 N–H and O–H groups in total. The van der Waals surface area contributed by atoms with Gasteiger partial charge in [-0.15, -0.1) is 0 Å². The number of phenols is 1. The molecule has 0 radical (unpaired) electrons. The number of benzene rings is 2. The number of nitrogens with zero attached hydrogens (tertiary/aromatic N) is 5. The number of ether oxygens (including phenoxy) is 2. The molecule has 5 heterocycles. The van der Waals surface area contributed by atoms with E-state index in [1.54, 1.807) is 6.07 Å². The van der Waals surface area contributed by atoms with Crippen LogP contribution in [0, 0.1) is 11.6 Å². The number of aromatic nitrogens is 3. The van der Waals surface area contributed by atoms with Gasteiger partial charge in [0.05, 0.1) is 17.5 Å². The minimum absolute atomic E-state index is 0.00769. The van der Waals surface area contributed by atoms with E-state index in [1.807, 2.05) is 11.8 Å². The van der Waals surface area contributed by atoms with Crippen LogP contribution < -0.4 is 9.64 Å². The van der Waals surface area contributed by atoms with Crippen molar-refractivity contribution in [2.24, 2.45) is 0 Å². The van der Waals surface area contributed by atoms with Crippen molar-refractivity contribution >= 4 is 27.5 Å². The van der Waals surface area contributed by atoms with Crippen LogP contribution in [0.3, 0.4) is 0 Å². The van der Waals surface area contributed by atoms with E-state index in [1.165, 1.54) is 24.4 Å². The first-order valence-electron chi connectivity index (χ1n) is 15.0. The third kappa shape index (κ3) is 4.92. The van der Waals surface area contributed by atoms with Crippen molar-refractivity contribution in [3.8, 4) is 23.0 Å². The maximum atomic E-state index is 16.7. The van der Waals surface area contributed by atoms with Gasteiger partial charge in [0.2, 0.25) is 0 Å². The summed E-state index contributed by atoms with van der Waals surface area (Å²) in [7, 11) is 0. The number of aromatic hydroxyl groups is 1. The Morgan fingerprint density at radius 3 is 2.86 bits per heavy atom. The number of phenolic OH excluding ortho intramolecular Hbond substituents is 1. The summed E-state index contributed by atoms with van der Waals surface area (Å²) in [6, 6.07) is 5.86. The topological polar surface area (TPSA) is 83.8 Å². The Balaban J connectivity index is 1.37. The van der Waals surface area contributed by atoms with E-state index in [0.29, 0.717) is 73.2 Å². The van der Waals surface area contributed by atoms with Crippen molar-refractivity contribution in [2.75, 3.05) is 50.9 Å². The first kappa shape index (κ1) is 28.1. The second kappa shape index (κ2) is 11.1. The molecule has 43 heavy (non-hydrogen) atoms. The first-order valence-corrected chi connectivity index (χ1v) is 15.0. The highest BCUT2D eigenvalue weighted by Crippen LogP contribution is 2.42. The highest BCUT2D eigenvalue weighted by atomic mass is 19.1. The third-order valence-electron chi connectivity index (χ3n) is 9.16. The molecule has 0 aliphatic carbocycles. The Bertz CT molecular complexity index is 1700. The molecule has 4 aromatic rings. The second-order valence-corrected chi connectivity index (χ2v) is 11.8. The molecule has 3 aliphatic heterocycles. The summed E-state index contributed by atoms with van der Waals surface area (Å²) in [5.74, 6) is -0.729. The fourth-order valence-electron chi connectivity index (χ4n) is 7.15. The number of halogens is 3. The Kier molecular flexibility index (Phi) is 7.25. The maximum Gasteiger partial charge on any atom is 0.319 e. The van der Waals surface area contributed by atoms with Crippen molar-refractivity contribution in [1.29, 1.82) is 0 Å². The Labute approximate surface area is 247 Å². The lowest BCUT2D eigenvalue weighted by atomic mass is 9.94. The summed E-state index contributed by atoms with van der Waals surface area (Å²) in [6.45, 7) is 5.55. The molecule has 8 nitrogen and oxygen atoms in total. The number of anilines is 1. The zero-order valence-corrected chi connectivity index (χ0v) is 24.1. The van der Waals surface area contributed by atoms with Crippen LogP contribution in [-0.4, -0.2) is 82.7 Å². The van der Waals surface area contributed by atoms with Gasteiger partial charge in [0, 0.05) is 44.4 Å². The molecule has 0 bridgehead atoms. The molecule has 2 aromatic heterocycles. The SMILES string of the molecule is CCc1c(F)ccc2cc(O)cc(-c3ncc4c(N5CCCOCC5)nc(OC[C@@]56CCCN5C[C@H](F)C6)nc4c3F)c12. The van der Waals surface area contributed by atoms with Crippen LogP contribution in [-0.2, 0) is 11.2 Å². The van der Waals surface area contributed by atoms with Gasteiger partial charge in [-0.2, -0.15) is 9.97 Å². The van der Waals surface area contributed by atoms with Gasteiger partial charge in [0.15, 0.2) is 5.82 Å². The van der Waals surface area contributed by atoms with Gasteiger partial charge in [-0.1, -0.05) is 13.0 Å². The number of fused-ring (bicyclic) bond motifs is 3. The summed E-state index contributed by atoms with van der Waals surface area (Å²) in [4.78, 5) is 17.9. The molecular formula is C32H34F3N5O3. The van der Waals surface area contributed by atoms with Crippen molar-refractivity contribution in [3.63, 3.8) is 0 Å². The van der Waals surface area contributed by atoms with Crippen molar-refractivity contribution in [1.82, 2.24) is 19.9 Å². The van der Waals surface area contributed by atoms with Crippen molar-refractivity contribution in [2.45, 2.75) is 50.7 Å². The average Bonchev–Trinajstić information content (AvgIpc) is 3.37. The van der Waals surface area contributed by atoms with E-state index in [0.717, 1.165) is 25.8 Å². The molecule has 3 aliphatic rings. The summed E-state index contributed by atoms with van der Waals surface area (Å²) >= 11 is 0. The lowest BCUT2D eigenvalue weighted by Gasteiger charge is -2.31. The van der Waals surface area contributed by atoms with E-state index >= 15 is 4.39 Å². The third-order valence-corrected chi connectivity index (χ3v) is 9.16. The smallest absolute Gasteiger partial charge is 0.319 e. The fourth-order valence-corrected chi connectivity index (χ4v) is 7.15. The van der Waals surface area contributed by atoms with E-state index < -0.39 is 23.3 Å². The van der Waals surface area contributed by atoms with Crippen LogP contribution in [0.5, 0.6) is 11.8 Å². The van der Waals surface area contributed by atoms with Crippen molar-refractivity contribution in [3.05, 3.63) is 47.7 Å². The van der Waals surface area contributed by atoms with Crippen molar-refractivity contribution < 1.29 is 27.8 Å². The number of rotatable bonds is 6. The molecule has 3 saturated heterocycles. The Hall–Kier alpha value is -3.70. The fraction of sp³-hybridized carbons (Fsp3) is 0.469. The highest BCUT2D eigenvalue weighted by Gasteiger charge is 2.49. The quantitative estimate of drug-likeness (QED) is 0.311. The second-order valence-electron chi connectivity index (χ2n) is 11.8. The van der Waals surface area contributed by atoms with Crippen LogP contribution in [0.25, 0.3) is 32.9 Å². The molecule has 11 heteroatoms. The standard InChI is InChI=1S/C32H34F3N5O3/c1-2-22-25(34)6-5-19-13-21(41)14-23(26(19)22)28-27(35)29-24(16-36-28)30(39-8-4-11-42-12-10-39)38-31(37-29)43-18-32-7-3-9-40(32)17-20(33)15-32/h5-6,13-14,16,20,41H,2-4,7-12,15,17-18H2,1H3/t20-,32+/m1/s1. The van der Waals surface area contributed by atoms with Gasteiger partial charge in [-0.25, -0.2) is 13.2 Å². The normalized spacial score (nSPS) is 22.8. The summed E-state index contributed by atoms with van der Waals surface area (Å²) in [6.07, 6.45) is 3.94. The van der Waals surface area contributed by atoms with Crippen LogP contribution >= 0.6 is 0 Å². The predicted molar refractivity (Wildman–Crippen MR) is 157 cm³/mol. The average molecular weight is 594 g/mol. The van der Waals surface area contributed by atoms with Crippen LogP contribution in [0.1, 0.15) is 38.2 Å². The largest absolute Gasteiger partial charge is 0.508 e. The monoisotopic (exact) mass is 593 g/mol. The van der Waals surface area contributed by atoms with Gasteiger partial charge < -0.3 is 19.5 Å². The number of aryl methyl sites for hydroxylation is 1. The van der Waals surface area contributed by atoms with Gasteiger partial charge in [0.25, 0.3) is 0 Å². The lowest BCUT2D eigenvalue weighted by Crippen LogP contribution is -2.43. The molecule has 3 fully saturated rings. The molecule has 226 valence electrons. The number of pyridine rings is 1. The highest BCUT2D eigenvalue weighted by molar-refractivity contribution is 6.01. The number of hydrogen-bond acceptors (Lipinski definition) is 8. The zero-order valence-electron chi connectivity index (χ0n) is 24.1. The molecule has 2 atom stereocenters. The van der Waals surface area contributed by atoms with Crippen LogP contribution in [0.2, 0.25) is 0 Å². The molecule has 0 amide bonds. The maximum absolute atomic E-state index is 16.7. The summed E-state index contributed by atoms with van der Waals surface area (Å²) in [5.41, 5.74) is 0.222. The van der Waals surface area contributed by atoms with E-state index in [9.17, 15) is 13.9 Å². The molecular weight excluding hydrogens is 559 g/mol. The van der Waals surface area contributed by atoms with Crippen LogP contribution in [0.4, 0.5) is 19.0 Å². The minimum Gasteiger partial charge on any atom is -0.508 e. The molecule has 0 spiro atoms. The van der Waals surface area contributed by atoms with Crippen LogP contribution in [0.15, 0.2) is 30.5 Å².